The topological polar surface area (TPSA) is 88.1 Å². The van der Waals surface area contributed by atoms with Gasteiger partial charge in [-0.15, -0.1) is 0 Å². The quantitative estimate of drug-likeness (QED) is 0.366. The summed E-state index contributed by atoms with van der Waals surface area (Å²) < 4.78 is 11.2. The van der Waals surface area contributed by atoms with Crippen LogP contribution in [0.3, 0.4) is 0 Å². The van der Waals surface area contributed by atoms with Crippen LogP contribution in [-0.4, -0.2) is 54.9 Å². The molecule has 0 spiro atoms. The third-order valence-corrected chi connectivity index (χ3v) is 7.63. The van der Waals surface area contributed by atoms with Gasteiger partial charge in [-0.2, -0.15) is 0 Å². The molecule has 7 nitrogen and oxygen atoms in total. The minimum atomic E-state index is -0.924. The largest absolute Gasteiger partial charge is 0.444 e. The fourth-order valence-corrected chi connectivity index (χ4v) is 5.89. The Hall–Kier alpha value is -2.12. The fourth-order valence-electron chi connectivity index (χ4n) is 5.89. The summed E-state index contributed by atoms with van der Waals surface area (Å²) in [6, 6.07) is 7.41. The minimum Gasteiger partial charge on any atom is -0.444 e. The van der Waals surface area contributed by atoms with Crippen molar-refractivity contribution in [2.75, 3.05) is 27.2 Å². The molecule has 0 aliphatic heterocycles. The molecular weight excluding hydrogens is 456 g/mol. The number of aliphatic hydroxyl groups is 1. The second kappa shape index (κ2) is 12.0. The van der Waals surface area contributed by atoms with Crippen LogP contribution in [0.15, 0.2) is 24.3 Å². The Labute approximate surface area is 216 Å². The molecule has 7 heteroatoms. The highest BCUT2D eigenvalue weighted by Crippen LogP contribution is 2.43. The van der Waals surface area contributed by atoms with Crippen molar-refractivity contribution >= 4 is 12.1 Å². The molecule has 202 valence electrons. The van der Waals surface area contributed by atoms with Crippen molar-refractivity contribution in [3.8, 4) is 5.75 Å². The molecule has 2 fully saturated rings. The van der Waals surface area contributed by atoms with Crippen LogP contribution in [0, 0.1) is 11.3 Å². The van der Waals surface area contributed by atoms with Gasteiger partial charge in [-0.3, -0.25) is 4.79 Å². The van der Waals surface area contributed by atoms with Crippen molar-refractivity contribution in [2.45, 2.75) is 96.2 Å². The molecule has 0 aromatic heterocycles. The molecule has 1 aromatic carbocycles. The molecule has 0 heterocycles. The van der Waals surface area contributed by atoms with Crippen molar-refractivity contribution in [3.05, 3.63) is 29.8 Å². The number of rotatable bonds is 8. The number of alkyl carbamates (subject to hydrolysis) is 1. The number of nitrogens with zero attached hydrogens (tertiary/aromatic N) is 1. The Bertz CT molecular complexity index is 888. The van der Waals surface area contributed by atoms with Crippen LogP contribution in [0.2, 0.25) is 0 Å². The SMILES string of the molecule is CN(C)C[C@@H]1CCCC[C@]1(O)c1cccc(OC(=O)CC2(CNC(=O)OC(C)(C)C)CCCCC2)c1. The number of nitrogens with one attached hydrogen (secondary N) is 1. The summed E-state index contributed by atoms with van der Waals surface area (Å²) in [5.41, 5.74) is -1.00. The van der Waals surface area contributed by atoms with Crippen LogP contribution in [-0.2, 0) is 15.1 Å². The van der Waals surface area contributed by atoms with E-state index < -0.39 is 17.3 Å². The number of ether oxygens (including phenoxy) is 2. The average Bonchev–Trinajstić information content (AvgIpc) is 2.79. The molecule has 1 amide bonds. The maximum atomic E-state index is 13.1. The Morgan fingerprint density at radius 3 is 2.44 bits per heavy atom. The predicted molar refractivity (Wildman–Crippen MR) is 141 cm³/mol. The van der Waals surface area contributed by atoms with Crippen LogP contribution < -0.4 is 10.1 Å². The number of hydrogen-bond acceptors (Lipinski definition) is 6. The van der Waals surface area contributed by atoms with Crippen LogP contribution >= 0.6 is 0 Å². The van der Waals surface area contributed by atoms with E-state index in [0.29, 0.717) is 18.7 Å². The van der Waals surface area contributed by atoms with E-state index in [9.17, 15) is 14.7 Å². The maximum Gasteiger partial charge on any atom is 0.407 e. The summed E-state index contributed by atoms with van der Waals surface area (Å²) in [4.78, 5) is 27.5. The zero-order valence-electron chi connectivity index (χ0n) is 22.9. The van der Waals surface area contributed by atoms with Crippen molar-refractivity contribution < 1.29 is 24.2 Å². The van der Waals surface area contributed by atoms with E-state index in [1.165, 1.54) is 0 Å². The number of carbonyl (C=O) groups excluding carboxylic acids is 2. The summed E-state index contributed by atoms with van der Waals surface area (Å²) >= 11 is 0. The standard InChI is InChI=1S/C29H46N2O5/c1-27(2,3)36-26(33)30-21-28(15-8-6-9-16-28)19-25(32)35-24-14-11-13-22(18-24)29(34)17-10-7-12-23(29)20-31(4)5/h11,13-14,18,23,34H,6-10,12,15-17,19-21H2,1-5H3,(H,30,33)/t23-,29-/m0/s1. The third-order valence-electron chi connectivity index (χ3n) is 7.63. The number of amides is 1. The van der Waals surface area contributed by atoms with E-state index >= 15 is 0 Å². The molecular formula is C29H46N2O5. The zero-order valence-corrected chi connectivity index (χ0v) is 22.9. The molecule has 36 heavy (non-hydrogen) atoms. The summed E-state index contributed by atoms with van der Waals surface area (Å²) in [5, 5.41) is 14.6. The van der Waals surface area contributed by atoms with Gasteiger partial charge in [0.05, 0.1) is 12.0 Å². The zero-order chi connectivity index (χ0) is 26.4. The second-order valence-electron chi connectivity index (χ2n) is 12.2. The highest BCUT2D eigenvalue weighted by atomic mass is 16.6. The van der Waals surface area contributed by atoms with Crippen LogP contribution in [0.1, 0.15) is 90.5 Å². The van der Waals surface area contributed by atoms with Gasteiger partial charge in [-0.1, -0.05) is 44.2 Å². The van der Waals surface area contributed by atoms with Gasteiger partial charge in [-0.25, -0.2) is 4.79 Å². The molecule has 2 aliphatic rings. The van der Waals surface area contributed by atoms with E-state index in [0.717, 1.165) is 63.5 Å². The molecule has 2 aliphatic carbocycles. The Morgan fingerprint density at radius 2 is 1.78 bits per heavy atom. The van der Waals surface area contributed by atoms with Crippen molar-refractivity contribution in [3.63, 3.8) is 0 Å². The van der Waals surface area contributed by atoms with Gasteiger partial charge >= 0.3 is 12.1 Å². The molecule has 2 N–H and O–H groups in total. The number of hydrogen-bond donors (Lipinski definition) is 2. The normalized spacial score (nSPS) is 24.2. The average molecular weight is 503 g/mol. The van der Waals surface area contributed by atoms with Gasteiger partial charge in [-0.05, 0) is 83.7 Å². The lowest BCUT2D eigenvalue weighted by atomic mass is 9.71. The van der Waals surface area contributed by atoms with E-state index in [1.54, 1.807) is 6.07 Å². The van der Waals surface area contributed by atoms with Gasteiger partial charge < -0.3 is 24.8 Å². The Kier molecular flexibility index (Phi) is 9.44. The van der Waals surface area contributed by atoms with Gasteiger partial charge in [0.1, 0.15) is 11.4 Å². The van der Waals surface area contributed by atoms with Crippen molar-refractivity contribution in [2.24, 2.45) is 11.3 Å². The lowest BCUT2D eigenvalue weighted by Gasteiger charge is -2.41. The second-order valence-corrected chi connectivity index (χ2v) is 12.2. The number of benzene rings is 1. The molecule has 3 rings (SSSR count). The number of esters is 1. The Morgan fingerprint density at radius 1 is 1.08 bits per heavy atom. The highest BCUT2D eigenvalue weighted by molar-refractivity contribution is 5.73. The van der Waals surface area contributed by atoms with E-state index in [-0.39, 0.29) is 23.7 Å². The summed E-state index contributed by atoms with van der Waals surface area (Å²) in [7, 11) is 4.07. The molecule has 2 saturated carbocycles. The van der Waals surface area contributed by atoms with Crippen LogP contribution in [0.5, 0.6) is 5.75 Å². The van der Waals surface area contributed by atoms with E-state index in [4.69, 9.17) is 9.47 Å². The smallest absolute Gasteiger partial charge is 0.407 e. The van der Waals surface area contributed by atoms with Crippen LogP contribution in [0.4, 0.5) is 4.79 Å². The monoisotopic (exact) mass is 502 g/mol. The van der Waals surface area contributed by atoms with Crippen molar-refractivity contribution in [1.82, 2.24) is 10.2 Å². The lowest BCUT2D eigenvalue weighted by molar-refractivity contribution is -0.137. The number of carbonyl (C=O) groups is 2. The van der Waals surface area contributed by atoms with E-state index in [1.807, 2.05) is 53.1 Å². The molecule has 0 unspecified atom stereocenters. The predicted octanol–water partition coefficient (Wildman–Crippen LogP) is 5.40. The van der Waals surface area contributed by atoms with Crippen molar-refractivity contribution in [1.29, 1.82) is 0 Å². The molecule has 2 atom stereocenters. The lowest BCUT2D eigenvalue weighted by Crippen LogP contribution is -2.43. The first-order valence-corrected chi connectivity index (χ1v) is 13.6. The molecule has 1 aromatic rings. The summed E-state index contributed by atoms with van der Waals surface area (Å²) in [6.07, 6.45) is 8.49. The van der Waals surface area contributed by atoms with Gasteiger partial charge in [0.25, 0.3) is 0 Å². The molecule has 0 radical (unpaired) electrons. The minimum absolute atomic E-state index is 0.136. The summed E-state index contributed by atoms with van der Waals surface area (Å²) in [6.45, 7) is 6.71. The van der Waals surface area contributed by atoms with Crippen LogP contribution in [0.25, 0.3) is 0 Å². The van der Waals surface area contributed by atoms with Gasteiger partial charge in [0.2, 0.25) is 0 Å². The first kappa shape index (κ1) is 28.5. The molecule has 0 bridgehead atoms. The summed E-state index contributed by atoms with van der Waals surface area (Å²) in [5.74, 6) is 0.295. The molecule has 0 saturated heterocycles. The first-order chi connectivity index (χ1) is 16.9. The highest BCUT2D eigenvalue weighted by Gasteiger charge is 2.41. The first-order valence-electron chi connectivity index (χ1n) is 13.6. The Balaban J connectivity index is 1.68. The fraction of sp³-hybridized carbons (Fsp3) is 0.724. The van der Waals surface area contributed by atoms with Gasteiger partial charge in [0, 0.05) is 19.0 Å². The van der Waals surface area contributed by atoms with E-state index in [2.05, 4.69) is 10.2 Å². The third kappa shape index (κ3) is 7.94. The maximum absolute atomic E-state index is 13.1. The van der Waals surface area contributed by atoms with Gasteiger partial charge in [0.15, 0.2) is 0 Å².